The molecule has 0 aliphatic rings. The van der Waals surface area contributed by atoms with Crippen molar-refractivity contribution < 1.29 is 0 Å². The van der Waals surface area contributed by atoms with E-state index >= 15 is 0 Å². The van der Waals surface area contributed by atoms with E-state index in [2.05, 4.69) is 34.6 Å². The van der Waals surface area contributed by atoms with Gasteiger partial charge in [-0.2, -0.15) is 5.10 Å². The summed E-state index contributed by atoms with van der Waals surface area (Å²) in [7, 11) is 3.73. The van der Waals surface area contributed by atoms with Crippen molar-refractivity contribution in [3.63, 3.8) is 0 Å². The van der Waals surface area contributed by atoms with Crippen molar-refractivity contribution in [1.29, 1.82) is 0 Å². The van der Waals surface area contributed by atoms with Gasteiger partial charge in [0.05, 0.1) is 6.20 Å². The van der Waals surface area contributed by atoms with Crippen LogP contribution >= 0.6 is 24.0 Å². The zero-order valence-electron chi connectivity index (χ0n) is 12.3. The van der Waals surface area contributed by atoms with Crippen molar-refractivity contribution >= 4 is 29.9 Å². The summed E-state index contributed by atoms with van der Waals surface area (Å²) >= 11 is 0. The molecular weight excluding hydrogens is 353 g/mol. The van der Waals surface area contributed by atoms with E-state index in [1.165, 1.54) is 5.56 Å². The quantitative estimate of drug-likeness (QED) is 0.450. The van der Waals surface area contributed by atoms with Crippen molar-refractivity contribution in [3.05, 3.63) is 18.0 Å². The minimum absolute atomic E-state index is 0. The number of halogens is 1. The fourth-order valence-corrected chi connectivity index (χ4v) is 1.63. The lowest BCUT2D eigenvalue weighted by molar-refractivity contribution is 0.573. The third-order valence-electron chi connectivity index (χ3n) is 2.70. The largest absolute Gasteiger partial charge is 0.356 e. The third kappa shape index (κ3) is 8.07. The maximum Gasteiger partial charge on any atom is 0.190 e. The molecule has 0 saturated heterocycles. The van der Waals surface area contributed by atoms with Gasteiger partial charge in [0.15, 0.2) is 5.96 Å². The molecule has 0 atom stereocenters. The van der Waals surface area contributed by atoms with Crippen LogP contribution in [0.4, 0.5) is 0 Å². The van der Waals surface area contributed by atoms with Gasteiger partial charge in [0.25, 0.3) is 0 Å². The van der Waals surface area contributed by atoms with Gasteiger partial charge in [-0.05, 0) is 24.3 Å². The third-order valence-corrected chi connectivity index (χ3v) is 2.70. The Balaban J connectivity index is 0.00000324. The summed E-state index contributed by atoms with van der Waals surface area (Å²) in [6.45, 7) is 6.28. The molecule has 0 saturated carbocycles. The van der Waals surface area contributed by atoms with Gasteiger partial charge >= 0.3 is 0 Å². The Bertz CT molecular complexity index is 373. The smallest absolute Gasteiger partial charge is 0.190 e. The Morgan fingerprint density at radius 2 is 2.05 bits per heavy atom. The van der Waals surface area contributed by atoms with Gasteiger partial charge in [0, 0.05) is 33.4 Å². The van der Waals surface area contributed by atoms with Crippen LogP contribution < -0.4 is 10.6 Å². The minimum Gasteiger partial charge on any atom is -0.356 e. The Morgan fingerprint density at radius 3 is 2.58 bits per heavy atom. The molecule has 0 amide bonds. The first-order valence-electron chi connectivity index (χ1n) is 6.54. The molecule has 5 nitrogen and oxygen atoms in total. The van der Waals surface area contributed by atoms with E-state index in [0.29, 0.717) is 5.92 Å². The van der Waals surface area contributed by atoms with E-state index in [1.54, 1.807) is 7.05 Å². The number of rotatable bonds is 6. The Labute approximate surface area is 133 Å². The molecule has 0 bridgehead atoms. The first-order valence-corrected chi connectivity index (χ1v) is 6.54. The highest BCUT2D eigenvalue weighted by atomic mass is 127. The lowest BCUT2D eigenvalue weighted by atomic mass is 10.1. The fourth-order valence-electron chi connectivity index (χ4n) is 1.63. The lowest BCUT2D eigenvalue weighted by Crippen LogP contribution is -2.39. The molecule has 1 rings (SSSR count). The number of guanidine groups is 1. The monoisotopic (exact) mass is 379 g/mol. The summed E-state index contributed by atoms with van der Waals surface area (Å²) in [5.74, 6) is 1.59. The van der Waals surface area contributed by atoms with Crippen molar-refractivity contribution in [1.82, 2.24) is 20.4 Å². The summed E-state index contributed by atoms with van der Waals surface area (Å²) in [5.41, 5.74) is 1.24. The number of aryl methyl sites for hydroxylation is 1. The molecule has 0 radical (unpaired) electrons. The standard InChI is InChI=1S/C13H25N5.HI/c1-11(2)5-7-15-13(14-3)16-8-6-12-9-17-18(4)10-12;/h9-11H,5-8H2,1-4H3,(H2,14,15,16);1H. The van der Waals surface area contributed by atoms with Crippen LogP contribution in [-0.4, -0.2) is 35.9 Å². The Kier molecular flexibility index (Phi) is 9.63. The van der Waals surface area contributed by atoms with Gasteiger partial charge in [-0.1, -0.05) is 13.8 Å². The molecule has 1 aromatic rings. The van der Waals surface area contributed by atoms with Gasteiger partial charge in [0.2, 0.25) is 0 Å². The van der Waals surface area contributed by atoms with Crippen molar-refractivity contribution in [2.75, 3.05) is 20.1 Å². The second kappa shape index (κ2) is 10.1. The van der Waals surface area contributed by atoms with Gasteiger partial charge in [-0.25, -0.2) is 0 Å². The maximum absolute atomic E-state index is 4.19. The van der Waals surface area contributed by atoms with Crippen molar-refractivity contribution in [2.45, 2.75) is 26.7 Å². The maximum atomic E-state index is 4.19. The molecule has 2 N–H and O–H groups in total. The van der Waals surface area contributed by atoms with Crippen LogP contribution in [-0.2, 0) is 13.5 Å². The normalized spacial score (nSPS) is 11.3. The molecule has 0 aromatic carbocycles. The average molecular weight is 379 g/mol. The van der Waals surface area contributed by atoms with Crippen LogP contribution in [0.3, 0.4) is 0 Å². The first-order chi connectivity index (χ1) is 8.61. The molecule has 6 heteroatoms. The summed E-state index contributed by atoms with van der Waals surface area (Å²) < 4.78 is 1.82. The highest BCUT2D eigenvalue weighted by molar-refractivity contribution is 14.0. The van der Waals surface area contributed by atoms with Crippen molar-refractivity contribution in [3.8, 4) is 0 Å². The van der Waals surface area contributed by atoms with E-state index in [4.69, 9.17) is 0 Å². The number of nitrogens with zero attached hydrogens (tertiary/aromatic N) is 3. The van der Waals surface area contributed by atoms with Gasteiger partial charge in [0.1, 0.15) is 0 Å². The SMILES string of the molecule is CN=C(NCCc1cnn(C)c1)NCCC(C)C.I. The Hall–Kier alpha value is -0.790. The van der Waals surface area contributed by atoms with Crippen LogP contribution in [0.2, 0.25) is 0 Å². The molecule has 1 aromatic heterocycles. The summed E-state index contributed by atoms with van der Waals surface area (Å²) in [4.78, 5) is 4.19. The van der Waals surface area contributed by atoms with Gasteiger partial charge in [-0.15, -0.1) is 24.0 Å². The molecule has 0 aliphatic carbocycles. The molecular formula is C13H26IN5. The molecule has 19 heavy (non-hydrogen) atoms. The van der Waals surface area contributed by atoms with Crippen molar-refractivity contribution in [2.24, 2.45) is 18.0 Å². The van der Waals surface area contributed by atoms with E-state index in [9.17, 15) is 0 Å². The molecule has 110 valence electrons. The molecule has 0 spiro atoms. The molecule has 1 heterocycles. The zero-order chi connectivity index (χ0) is 13.4. The number of hydrogen-bond donors (Lipinski definition) is 2. The topological polar surface area (TPSA) is 54.2 Å². The van der Waals surface area contributed by atoms with Crippen LogP contribution in [0.1, 0.15) is 25.8 Å². The minimum atomic E-state index is 0. The fraction of sp³-hybridized carbons (Fsp3) is 0.692. The zero-order valence-corrected chi connectivity index (χ0v) is 14.6. The summed E-state index contributed by atoms with van der Waals surface area (Å²) in [6.07, 6.45) is 6.05. The Morgan fingerprint density at radius 1 is 1.37 bits per heavy atom. The van der Waals surface area contributed by atoms with E-state index < -0.39 is 0 Å². The first kappa shape index (κ1) is 18.2. The number of hydrogen-bond acceptors (Lipinski definition) is 2. The van der Waals surface area contributed by atoms with Crippen LogP contribution in [0.25, 0.3) is 0 Å². The van der Waals surface area contributed by atoms with Gasteiger partial charge in [-0.3, -0.25) is 9.67 Å². The van der Waals surface area contributed by atoms with E-state index in [-0.39, 0.29) is 24.0 Å². The number of nitrogens with one attached hydrogen (secondary N) is 2. The average Bonchev–Trinajstić information content (AvgIpc) is 2.72. The second-order valence-corrected chi connectivity index (χ2v) is 4.88. The van der Waals surface area contributed by atoms with Crippen LogP contribution in [0.15, 0.2) is 17.4 Å². The molecule has 0 fully saturated rings. The number of aromatic nitrogens is 2. The number of aliphatic imine (C=N–C) groups is 1. The highest BCUT2D eigenvalue weighted by Gasteiger charge is 2.00. The molecule has 0 unspecified atom stereocenters. The summed E-state index contributed by atoms with van der Waals surface area (Å²) in [6, 6.07) is 0. The van der Waals surface area contributed by atoms with E-state index in [0.717, 1.165) is 31.9 Å². The van der Waals surface area contributed by atoms with Crippen LogP contribution in [0, 0.1) is 5.92 Å². The highest BCUT2D eigenvalue weighted by Crippen LogP contribution is 1.97. The second-order valence-electron chi connectivity index (χ2n) is 4.88. The summed E-state index contributed by atoms with van der Waals surface area (Å²) in [5, 5.41) is 10.8. The van der Waals surface area contributed by atoms with Crippen LogP contribution in [0.5, 0.6) is 0 Å². The lowest BCUT2D eigenvalue weighted by Gasteiger charge is -2.12. The molecule has 0 aliphatic heterocycles. The van der Waals surface area contributed by atoms with Gasteiger partial charge < -0.3 is 10.6 Å². The predicted octanol–water partition coefficient (Wildman–Crippen LogP) is 1.79. The predicted molar refractivity (Wildman–Crippen MR) is 91.1 cm³/mol. The van der Waals surface area contributed by atoms with E-state index in [1.807, 2.05) is 24.1 Å².